The van der Waals surface area contributed by atoms with E-state index in [1.807, 2.05) is 0 Å². The lowest BCUT2D eigenvalue weighted by molar-refractivity contribution is -0.412. The lowest BCUT2D eigenvalue weighted by atomic mass is 9.11. The predicted molar refractivity (Wildman–Crippen MR) is 274 cm³/mol. The Morgan fingerprint density at radius 2 is 0.894 bits per heavy atom. The first-order valence-electron chi connectivity index (χ1n) is 24.1. The van der Waals surface area contributed by atoms with Gasteiger partial charge < -0.3 is 4.90 Å². The van der Waals surface area contributed by atoms with E-state index in [0.717, 1.165) is 35.0 Å². The van der Waals surface area contributed by atoms with Crippen LogP contribution in [0.15, 0.2) is 224 Å². The number of fused-ring (bicyclic) bond motifs is 9. The Hall–Kier alpha value is -7.48. The smallest absolute Gasteiger partial charge is 0.0540 e. The minimum absolute atomic E-state index is 0.152. The largest absolute Gasteiger partial charge is 0.309 e. The molecule has 4 unspecified atom stereocenters. The van der Waals surface area contributed by atoms with Gasteiger partial charge in [0, 0.05) is 22.2 Å². The van der Waals surface area contributed by atoms with E-state index in [0.29, 0.717) is 5.41 Å². The normalized spacial score (nSPS) is 23.4. The standard InChI is InChI=1S/C65H47N/c1-2-15-42(16-3-1)52-26-13-19-44-20-14-27-56(63(44)52)55-24-8-11-30-60(55)66(48-34-31-43(32-35-48)50-25-12-18-41-17-4-5-21-49(41)50)59-29-10-7-22-51(59)45-33-36-54-53-23-6-9-28-57(53)65(58(54)37-45)61-39-46-38-47-40-62(65)64(46,47)61/h1-37,46-47,61-62H,38-40H2. The minimum Gasteiger partial charge on any atom is -0.309 e. The van der Waals surface area contributed by atoms with Crippen LogP contribution in [0.4, 0.5) is 17.1 Å². The summed E-state index contributed by atoms with van der Waals surface area (Å²) in [5.74, 6) is 3.52. The van der Waals surface area contributed by atoms with Crippen LogP contribution in [0.5, 0.6) is 0 Å². The van der Waals surface area contributed by atoms with E-state index >= 15 is 0 Å². The summed E-state index contributed by atoms with van der Waals surface area (Å²) in [6.07, 6.45) is 4.29. The highest BCUT2D eigenvalue weighted by Crippen LogP contribution is 2.94. The van der Waals surface area contributed by atoms with E-state index in [1.165, 1.54) is 102 Å². The van der Waals surface area contributed by atoms with Crippen LogP contribution in [0.1, 0.15) is 30.4 Å². The van der Waals surface area contributed by atoms with Crippen LogP contribution in [-0.2, 0) is 5.41 Å². The highest BCUT2D eigenvalue weighted by Gasteiger charge is 2.90. The molecule has 0 amide bonds. The van der Waals surface area contributed by atoms with Crippen LogP contribution in [0.2, 0.25) is 0 Å². The lowest BCUT2D eigenvalue weighted by Gasteiger charge is -2.92. The molecule has 66 heavy (non-hydrogen) atoms. The molecule has 2 spiro atoms. The first-order valence-corrected chi connectivity index (χ1v) is 24.1. The van der Waals surface area contributed by atoms with Crippen molar-refractivity contribution in [2.45, 2.75) is 24.7 Å². The summed E-state index contributed by atoms with van der Waals surface area (Å²) < 4.78 is 0. The quantitative estimate of drug-likeness (QED) is 0.155. The van der Waals surface area contributed by atoms with Gasteiger partial charge in [0.1, 0.15) is 0 Å². The van der Waals surface area contributed by atoms with E-state index < -0.39 is 0 Å². The highest BCUT2D eigenvalue weighted by atomic mass is 15.1. The van der Waals surface area contributed by atoms with Crippen molar-refractivity contribution in [3.63, 3.8) is 0 Å². The Labute approximate surface area is 386 Å². The molecule has 0 saturated heterocycles. The van der Waals surface area contributed by atoms with E-state index in [1.54, 1.807) is 11.1 Å². The molecule has 5 aliphatic rings. The third-order valence-electron chi connectivity index (χ3n) is 17.6. The highest BCUT2D eigenvalue weighted by molar-refractivity contribution is 6.09. The summed E-state index contributed by atoms with van der Waals surface area (Å²) in [6, 6.07) is 84.4. The number of nitrogens with zero attached hydrogens (tertiary/aromatic N) is 1. The van der Waals surface area contributed by atoms with Crippen molar-refractivity contribution in [1.29, 1.82) is 0 Å². The first-order chi connectivity index (χ1) is 32.7. The maximum absolute atomic E-state index is 2.64. The van der Waals surface area contributed by atoms with Gasteiger partial charge in [0.05, 0.1) is 11.4 Å². The maximum atomic E-state index is 2.64. The molecule has 0 heterocycles. The molecule has 5 aliphatic carbocycles. The van der Waals surface area contributed by atoms with Crippen molar-refractivity contribution in [2.75, 3.05) is 4.90 Å². The minimum atomic E-state index is 0.152. The van der Waals surface area contributed by atoms with Crippen LogP contribution in [0, 0.1) is 29.1 Å². The molecule has 4 saturated carbocycles. The van der Waals surface area contributed by atoms with Gasteiger partial charge in [-0.1, -0.05) is 194 Å². The molecule has 10 aromatic rings. The van der Waals surface area contributed by atoms with Gasteiger partial charge in [0.2, 0.25) is 0 Å². The molecule has 0 N–H and O–H groups in total. The van der Waals surface area contributed by atoms with Crippen molar-refractivity contribution in [3.05, 3.63) is 236 Å². The number of hydrogen-bond donors (Lipinski definition) is 0. The van der Waals surface area contributed by atoms with Crippen LogP contribution in [0.25, 0.3) is 77.2 Å². The summed E-state index contributed by atoms with van der Waals surface area (Å²) in [4.78, 5) is 2.54. The second-order valence-corrected chi connectivity index (χ2v) is 19.9. The fraction of sp³-hybridized carbons (Fsp3) is 0.138. The third-order valence-corrected chi connectivity index (χ3v) is 17.6. The fourth-order valence-corrected chi connectivity index (χ4v) is 15.0. The number of benzene rings is 10. The molecule has 0 bridgehead atoms. The molecule has 0 aromatic heterocycles. The van der Waals surface area contributed by atoms with Gasteiger partial charge >= 0.3 is 0 Å². The van der Waals surface area contributed by atoms with Crippen LogP contribution >= 0.6 is 0 Å². The van der Waals surface area contributed by atoms with E-state index in [-0.39, 0.29) is 5.41 Å². The van der Waals surface area contributed by atoms with Gasteiger partial charge in [-0.3, -0.25) is 0 Å². The Kier molecular flexibility index (Phi) is 7.55. The summed E-state index contributed by atoms with van der Waals surface area (Å²) in [5.41, 5.74) is 20.3. The Morgan fingerprint density at radius 3 is 1.67 bits per heavy atom. The number of anilines is 3. The average molecular weight is 842 g/mol. The molecule has 312 valence electrons. The molecule has 0 aliphatic heterocycles. The van der Waals surface area contributed by atoms with Gasteiger partial charge in [-0.25, -0.2) is 0 Å². The van der Waals surface area contributed by atoms with Gasteiger partial charge in [0.15, 0.2) is 0 Å². The monoisotopic (exact) mass is 841 g/mol. The molecule has 15 rings (SSSR count). The molecule has 4 atom stereocenters. The van der Waals surface area contributed by atoms with Crippen LogP contribution in [-0.4, -0.2) is 0 Å². The van der Waals surface area contributed by atoms with E-state index in [4.69, 9.17) is 0 Å². The average Bonchev–Trinajstić information content (AvgIpc) is 3.66. The zero-order valence-corrected chi connectivity index (χ0v) is 36.7. The number of hydrogen-bond acceptors (Lipinski definition) is 1. The van der Waals surface area contributed by atoms with Crippen molar-refractivity contribution in [2.24, 2.45) is 29.1 Å². The SMILES string of the molecule is c1ccc(-c2cccc3cccc(-c4ccccc4N(c4ccc(-c5cccc6ccccc56)cc4)c4ccccc4-c4ccc5c(c4)C4(c6ccccc6-5)C5CC6CC7CC4C675)c23)cc1. The lowest BCUT2D eigenvalue weighted by Crippen LogP contribution is -2.88. The van der Waals surface area contributed by atoms with Gasteiger partial charge in [-0.05, 0) is 156 Å². The summed E-state index contributed by atoms with van der Waals surface area (Å²) in [7, 11) is 0. The molecule has 10 aromatic carbocycles. The topological polar surface area (TPSA) is 3.24 Å². The number of rotatable bonds is 7. The van der Waals surface area contributed by atoms with E-state index in [9.17, 15) is 0 Å². The zero-order chi connectivity index (χ0) is 43.1. The molecule has 0 radical (unpaired) electrons. The zero-order valence-electron chi connectivity index (χ0n) is 36.7. The Bertz CT molecular complexity index is 3580. The van der Waals surface area contributed by atoms with Crippen LogP contribution in [0.3, 0.4) is 0 Å². The van der Waals surface area contributed by atoms with Crippen molar-refractivity contribution in [3.8, 4) is 55.6 Å². The van der Waals surface area contributed by atoms with Gasteiger partial charge in [-0.15, -0.1) is 0 Å². The summed E-state index contributed by atoms with van der Waals surface area (Å²) >= 11 is 0. The molecule has 1 heteroatoms. The molecular formula is C65H47N. The van der Waals surface area contributed by atoms with E-state index in [2.05, 4.69) is 229 Å². The van der Waals surface area contributed by atoms with Crippen LogP contribution < -0.4 is 4.90 Å². The molecule has 4 fully saturated rings. The van der Waals surface area contributed by atoms with Gasteiger partial charge in [-0.2, -0.15) is 0 Å². The molecule has 1 nitrogen and oxygen atoms in total. The first kappa shape index (κ1) is 36.8. The third kappa shape index (κ3) is 4.65. The van der Waals surface area contributed by atoms with Crippen molar-refractivity contribution in [1.82, 2.24) is 0 Å². The summed E-state index contributed by atoms with van der Waals surface area (Å²) in [6.45, 7) is 0. The second kappa shape index (κ2) is 13.5. The summed E-state index contributed by atoms with van der Waals surface area (Å²) in [5, 5.41) is 5.03. The Balaban J connectivity index is 0.934. The predicted octanol–water partition coefficient (Wildman–Crippen LogP) is 17.1. The second-order valence-electron chi connectivity index (χ2n) is 19.9. The Morgan fingerprint density at radius 1 is 0.348 bits per heavy atom. The maximum Gasteiger partial charge on any atom is 0.0540 e. The van der Waals surface area contributed by atoms with Crippen molar-refractivity contribution < 1.29 is 0 Å². The molecular weight excluding hydrogens is 795 g/mol. The van der Waals surface area contributed by atoms with Crippen molar-refractivity contribution >= 4 is 38.6 Å². The van der Waals surface area contributed by atoms with Gasteiger partial charge in [0.25, 0.3) is 0 Å². The number of para-hydroxylation sites is 2. The fourth-order valence-electron chi connectivity index (χ4n) is 15.0.